The third-order valence-electron chi connectivity index (χ3n) is 3.21. The first-order chi connectivity index (χ1) is 8.63. The molecule has 2 N–H and O–H groups in total. The Morgan fingerprint density at radius 3 is 2.78 bits per heavy atom. The molecule has 0 aromatic rings. The number of rotatable bonds is 7. The van der Waals surface area contributed by atoms with Crippen LogP contribution in [0.1, 0.15) is 45.4 Å². The van der Waals surface area contributed by atoms with Crippen LogP contribution in [0.3, 0.4) is 0 Å². The van der Waals surface area contributed by atoms with E-state index in [2.05, 4.69) is 5.32 Å². The lowest BCUT2D eigenvalue weighted by Gasteiger charge is -2.27. The normalized spacial score (nSPS) is 23.6. The van der Waals surface area contributed by atoms with Crippen LogP contribution in [-0.4, -0.2) is 36.2 Å². The molecule has 5 nitrogen and oxygen atoms in total. The van der Waals surface area contributed by atoms with Crippen LogP contribution < -0.4 is 5.32 Å². The monoisotopic (exact) mass is 257 g/mol. The van der Waals surface area contributed by atoms with Crippen LogP contribution in [0.2, 0.25) is 0 Å². The van der Waals surface area contributed by atoms with E-state index in [1.807, 2.05) is 6.92 Å². The SMILES string of the molecule is CCCOCCC(=O)NC1CCCC(C(=O)O)C1. The van der Waals surface area contributed by atoms with Gasteiger partial charge in [-0.15, -0.1) is 0 Å². The maximum Gasteiger partial charge on any atom is 0.306 e. The smallest absolute Gasteiger partial charge is 0.306 e. The highest BCUT2D eigenvalue weighted by molar-refractivity contribution is 5.76. The van der Waals surface area contributed by atoms with Gasteiger partial charge >= 0.3 is 5.97 Å². The second-order valence-corrected chi connectivity index (χ2v) is 4.83. The average molecular weight is 257 g/mol. The largest absolute Gasteiger partial charge is 0.481 e. The van der Waals surface area contributed by atoms with Crippen molar-refractivity contribution >= 4 is 11.9 Å². The molecule has 0 radical (unpaired) electrons. The Balaban J connectivity index is 2.20. The van der Waals surface area contributed by atoms with Crippen LogP contribution in [0.4, 0.5) is 0 Å². The van der Waals surface area contributed by atoms with Crippen molar-refractivity contribution in [1.82, 2.24) is 5.32 Å². The van der Waals surface area contributed by atoms with E-state index in [-0.39, 0.29) is 17.9 Å². The van der Waals surface area contributed by atoms with E-state index in [0.29, 0.717) is 26.1 Å². The molecule has 18 heavy (non-hydrogen) atoms. The summed E-state index contributed by atoms with van der Waals surface area (Å²) in [6.07, 6.45) is 4.33. The number of nitrogens with one attached hydrogen (secondary N) is 1. The fourth-order valence-electron chi connectivity index (χ4n) is 2.26. The summed E-state index contributed by atoms with van der Waals surface area (Å²) in [5, 5.41) is 11.9. The quantitative estimate of drug-likeness (QED) is 0.679. The molecular weight excluding hydrogens is 234 g/mol. The van der Waals surface area contributed by atoms with Gasteiger partial charge in [-0.25, -0.2) is 0 Å². The van der Waals surface area contributed by atoms with Gasteiger partial charge in [0.2, 0.25) is 5.91 Å². The topological polar surface area (TPSA) is 75.6 Å². The zero-order valence-electron chi connectivity index (χ0n) is 11.0. The predicted octanol–water partition coefficient (Wildman–Crippen LogP) is 1.56. The van der Waals surface area contributed by atoms with Crippen molar-refractivity contribution in [3.05, 3.63) is 0 Å². The number of carboxylic acids is 1. The Morgan fingerprint density at radius 2 is 2.11 bits per heavy atom. The van der Waals surface area contributed by atoms with Crippen LogP contribution in [0.15, 0.2) is 0 Å². The first kappa shape index (κ1) is 15.0. The first-order valence-electron chi connectivity index (χ1n) is 6.73. The standard InChI is InChI=1S/C13H23NO4/c1-2-7-18-8-6-12(15)14-11-5-3-4-10(9-11)13(16)17/h10-11H,2-9H2,1H3,(H,14,15)(H,16,17). The zero-order chi connectivity index (χ0) is 13.4. The van der Waals surface area contributed by atoms with Crippen molar-refractivity contribution in [3.8, 4) is 0 Å². The van der Waals surface area contributed by atoms with Gasteiger partial charge in [0.25, 0.3) is 0 Å². The molecule has 0 bridgehead atoms. The number of amides is 1. The summed E-state index contributed by atoms with van der Waals surface area (Å²) in [4.78, 5) is 22.5. The number of hydrogen-bond donors (Lipinski definition) is 2. The molecule has 0 spiro atoms. The lowest BCUT2D eigenvalue weighted by Crippen LogP contribution is -2.40. The van der Waals surface area contributed by atoms with Gasteiger partial charge in [0.15, 0.2) is 0 Å². The number of carbonyl (C=O) groups excluding carboxylic acids is 1. The maximum absolute atomic E-state index is 11.6. The fourth-order valence-corrected chi connectivity index (χ4v) is 2.26. The Labute approximate surface area is 108 Å². The summed E-state index contributed by atoms with van der Waals surface area (Å²) >= 11 is 0. The molecule has 1 aliphatic carbocycles. The van der Waals surface area contributed by atoms with Crippen LogP contribution >= 0.6 is 0 Å². The first-order valence-corrected chi connectivity index (χ1v) is 6.73. The van der Waals surface area contributed by atoms with Gasteiger partial charge in [-0.1, -0.05) is 13.3 Å². The summed E-state index contributed by atoms with van der Waals surface area (Å²) < 4.78 is 5.25. The van der Waals surface area contributed by atoms with E-state index in [1.165, 1.54) is 0 Å². The summed E-state index contributed by atoms with van der Waals surface area (Å²) in [5.74, 6) is -1.09. The summed E-state index contributed by atoms with van der Waals surface area (Å²) in [6, 6.07) is 0.0125. The Morgan fingerprint density at radius 1 is 1.33 bits per heavy atom. The van der Waals surface area contributed by atoms with E-state index in [4.69, 9.17) is 9.84 Å². The molecule has 0 aromatic heterocycles. The van der Waals surface area contributed by atoms with Crippen LogP contribution in [-0.2, 0) is 14.3 Å². The van der Waals surface area contributed by atoms with Crippen LogP contribution in [0, 0.1) is 5.92 Å². The van der Waals surface area contributed by atoms with Crippen molar-refractivity contribution in [2.24, 2.45) is 5.92 Å². The van der Waals surface area contributed by atoms with E-state index in [9.17, 15) is 9.59 Å². The molecular formula is C13H23NO4. The zero-order valence-corrected chi connectivity index (χ0v) is 11.0. The molecule has 1 aliphatic rings. The Hall–Kier alpha value is -1.10. The van der Waals surface area contributed by atoms with Gasteiger partial charge in [0, 0.05) is 19.1 Å². The lowest BCUT2D eigenvalue weighted by atomic mass is 9.86. The van der Waals surface area contributed by atoms with Gasteiger partial charge < -0.3 is 15.2 Å². The maximum atomic E-state index is 11.6. The minimum atomic E-state index is -0.750. The summed E-state index contributed by atoms with van der Waals surface area (Å²) in [5.41, 5.74) is 0. The number of carbonyl (C=O) groups is 2. The van der Waals surface area contributed by atoms with E-state index < -0.39 is 5.97 Å². The molecule has 1 fully saturated rings. The molecule has 5 heteroatoms. The van der Waals surface area contributed by atoms with Crippen LogP contribution in [0.25, 0.3) is 0 Å². The molecule has 0 aliphatic heterocycles. The highest BCUT2D eigenvalue weighted by atomic mass is 16.5. The van der Waals surface area contributed by atoms with Gasteiger partial charge in [0.1, 0.15) is 0 Å². The third-order valence-corrected chi connectivity index (χ3v) is 3.21. The predicted molar refractivity (Wildman–Crippen MR) is 67.3 cm³/mol. The van der Waals surface area contributed by atoms with Crippen molar-refractivity contribution in [2.45, 2.75) is 51.5 Å². The average Bonchev–Trinajstić information content (AvgIpc) is 2.35. The van der Waals surface area contributed by atoms with Crippen molar-refractivity contribution < 1.29 is 19.4 Å². The molecule has 2 atom stereocenters. The number of hydrogen-bond acceptors (Lipinski definition) is 3. The molecule has 0 aromatic carbocycles. The number of aliphatic carboxylic acids is 1. The van der Waals surface area contributed by atoms with E-state index >= 15 is 0 Å². The van der Waals surface area contributed by atoms with Crippen molar-refractivity contribution in [2.75, 3.05) is 13.2 Å². The fraction of sp³-hybridized carbons (Fsp3) is 0.846. The Kier molecular flexibility index (Phi) is 6.72. The van der Waals surface area contributed by atoms with Crippen LogP contribution in [0.5, 0.6) is 0 Å². The molecule has 0 saturated heterocycles. The second-order valence-electron chi connectivity index (χ2n) is 4.83. The number of carboxylic acid groups (broad SMARTS) is 1. The molecule has 1 amide bonds. The minimum absolute atomic E-state index is 0.0125. The molecule has 1 saturated carbocycles. The van der Waals surface area contributed by atoms with Gasteiger partial charge in [-0.2, -0.15) is 0 Å². The number of ether oxygens (including phenoxy) is 1. The minimum Gasteiger partial charge on any atom is -0.481 e. The van der Waals surface area contributed by atoms with Gasteiger partial charge in [-0.3, -0.25) is 9.59 Å². The Bertz CT molecular complexity index is 280. The van der Waals surface area contributed by atoms with E-state index in [0.717, 1.165) is 25.7 Å². The molecule has 2 unspecified atom stereocenters. The third kappa shape index (κ3) is 5.49. The molecule has 0 heterocycles. The van der Waals surface area contributed by atoms with E-state index in [1.54, 1.807) is 0 Å². The molecule has 1 rings (SSSR count). The second kappa shape index (κ2) is 8.08. The molecule has 104 valence electrons. The lowest BCUT2D eigenvalue weighted by molar-refractivity contribution is -0.143. The van der Waals surface area contributed by atoms with Crippen molar-refractivity contribution in [3.63, 3.8) is 0 Å². The van der Waals surface area contributed by atoms with Gasteiger partial charge in [0.05, 0.1) is 12.5 Å². The highest BCUT2D eigenvalue weighted by Gasteiger charge is 2.27. The van der Waals surface area contributed by atoms with Gasteiger partial charge in [-0.05, 0) is 25.7 Å². The highest BCUT2D eigenvalue weighted by Crippen LogP contribution is 2.24. The summed E-state index contributed by atoms with van der Waals surface area (Å²) in [6.45, 7) is 3.14. The summed E-state index contributed by atoms with van der Waals surface area (Å²) in [7, 11) is 0. The van der Waals surface area contributed by atoms with Crippen molar-refractivity contribution in [1.29, 1.82) is 0 Å².